The highest BCUT2D eigenvalue weighted by Crippen LogP contribution is 2.16. The van der Waals surface area contributed by atoms with Gasteiger partial charge in [0.15, 0.2) is 0 Å². The smallest absolute Gasteiger partial charge is 0.245 e. The van der Waals surface area contributed by atoms with Crippen molar-refractivity contribution >= 4 is 17.7 Å². The average molecular weight is 402 g/mol. The van der Waals surface area contributed by atoms with Crippen LogP contribution in [0.4, 0.5) is 0 Å². The maximum atomic E-state index is 12.7. The van der Waals surface area contributed by atoms with Crippen LogP contribution in [0.3, 0.4) is 0 Å². The number of benzene rings is 1. The summed E-state index contributed by atoms with van der Waals surface area (Å²) in [5.41, 5.74) is 0. The standard InChI is InChI=1S/C22H31N3O4/c1-18-22(28)24(14-8-13-23-12-7-11-20(23)26)17-21(27)25(18)15-5-6-16-29-19-9-3-2-4-10-19/h2-4,9-10,18H,5-8,11-17H2,1H3/t18-/m0/s1. The number of unbranched alkanes of at least 4 members (excludes halogenated alkanes) is 1. The number of nitrogens with zero attached hydrogens (tertiary/aromatic N) is 3. The van der Waals surface area contributed by atoms with Crippen molar-refractivity contribution in [2.75, 3.05) is 39.3 Å². The predicted molar refractivity (Wildman–Crippen MR) is 109 cm³/mol. The number of para-hydroxylation sites is 1. The minimum atomic E-state index is -0.431. The van der Waals surface area contributed by atoms with Gasteiger partial charge in [-0.15, -0.1) is 0 Å². The fraction of sp³-hybridized carbons (Fsp3) is 0.591. The molecule has 2 fully saturated rings. The van der Waals surface area contributed by atoms with Crippen LogP contribution in [0.1, 0.15) is 39.0 Å². The van der Waals surface area contributed by atoms with Gasteiger partial charge in [-0.3, -0.25) is 14.4 Å². The number of piperazine rings is 1. The van der Waals surface area contributed by atoms with E-state index in [2.05, 4.69) is 0 Å². The third-order valence-electron chi connectivity index (χ3n) is 5.62. The fourth-order valence-electron chi connectivity index (χ4n) is 3.94. The van der Waals surface area contributed by atoms with Crippen LogP contribution in [0, 0.1) is 0 Å². The molecule has 0 aromatic heterocycles. The molecule has 1 aromatic rings. The van der Waals surface area contributed by atoms with Crippen LogP contribution in [0.5, 0.6) is 5.75 Å². The first kappa shape index (κ1) is 21.1. The van der Waals surface area contributed by atoms with Crippen molar-refractivity contribution in [3.8, 4) is 5.75 Å². The molecular formula is C22H31N3O4. The molecule has 2 aliphatic rings. The molecule has 0 radical (unpaired) electrons. The number of amides is 3. The maximum Gasteiger partial charge on any atom is 0.245 e. The summed E-state index contributed by atoms with van der Waals surface area (Å²) in [4.78, 5) is 42.1. The normalized spacial score (nSPS) is 20.0. The molecule has 0 aliphatic carbocycles. The number of carbonyl (C=O) groups excluding carboxylic acids is 3. The largest absolute Gasteiger partial charge is 0.494 e. The summed E-state index contributed by atoms with van der Waals surface area (Å²) >= 11 is 0. The van der Waals surface area contributed by atoms with Gasteiger partial charge in [-0.2, -0.15) is 0 Å². The van der Waals surface area contributed by atoms with Gasteiger partial charge in [0.05, 0.1) is 13.2 Å². The Kier molecular flexibility index (Phi) is 7.49. The predicted octanol–water partition coefficient (Wildman–Crippen LogP) is 1.92. The number of rotatable bonds is 10. The zero-order valence-corrected chi connectivity index (χ0v) is 17.2. The maximum absolute atomic E-state index is 12.7. The summed E-state index contributed by atoms with van der Waals surface area (Å²) in [7, 11) is 0. The van der Waals surface area contributed by atoms with E-state index in [0.717, 1.165) is 31.6 Å². The molecule has 0 saturated carbocycles. The van der Waals surface area contributed by atoms with E-state index in [-0.39, 0.29) is 24.3 Å². The lowest BCUT2D eigenvalue weighted by Crippen LogP contribution is -2.59. The van der Waals surface area contributed by atoms with Crippen LogP contribution in [-0.2, 0) is 14.4 Å². The third kappa shape index (κ3) is 5.71. The molecule has 2 aliphatic heterocycles. The molecule has 7 heteroatoms. The molecule has 0 bridgehead atoms. The van der Waals surface area contributed by atoms with Gasteiger partial charge in [-0.1, -0.05) is 18.2 Å². The summed E-state index contributed by atoms with van der Waals surface area (Å²) in [6, 6.07) is 9.22. The summed E-state index contributed by atoms with van der Waals surface area (Å²) in [6.07, 6.45) is 3.89. The second-order valence-corrected chi connectivity index (χ2v) is 7.73. The van der Waals surface area contributed by atoms with E-state index in [4.69, 9.17) is 4.74 Å². The van der Waals surface area contributed by atoms with E-state index in [1.807, 2.05) is 35.2 Å². The molecule has 29 heavy (non-hydrogen) atoms. The summed E-state index contributed by atoms with van der Waals surface area (Å²) < 4.78 is 5.67. The first-order valence-corrected chi connectivity index (χ1v) is 10.6. The summed E-state index contributed by atoms with van der Waals surface area (Å²) in [5.74, 6) is 1.04. The molecular weight excluding hydrogens is 370 g/mol. The molecule has 0 N–H and O–H groups in total. The lowest BCUT2D eigenvalue weighted by atomic mass is 10.1. The monoisotopic (exact) mass is 401 g/mol. The van der Waals surface area contributed by atoms with E-state index in [0.29, 0.717) is 39.1 Å². The van der Waals surface area contributed by atoms with Gasteiger partial charge in [0.2, 0.25) is 17.7 Å². The summed E-state index contributed by atoms with van der Waals surface area (Å²) in [5, 5.41) is 0. The molecule has 3 rings (SSSR count). The van der Waals surface area contributed by atoms with Crippen molar-refractivity contribution in [3.63, 3.8) is 0 Å². The zero-order chi connectivity index (χ0) is 20.6. The highest BCUT2D eigenvalue weighted by Gasteiger charge is 2.35. The van der Waals surface area contributed by atoms with E-state index in [1.165, 1.54) is 0 Å². The van der Waals surface area contributed by atoms with E-state index in [1.54, 1.807) is 16.7 Å². The molecule has 3 amide bonds. The summed E-state index contributed by atoms with van der Waals surface area (Å²) in [6.45, 7) is 5.10. The van der Waals surface area contributed by atoms with Crippen LogP contribution in [0.15, 0.2) is 30.3 Å². The quantitative estimate of drug-likeness (QED) is 0.562. The zero-order valence-electron chi connectivity index (χ0n) is 17.2. The van der Waals surface area contributed by atoms with Gasteiger partial charge in [-0.05, 0) is 44.7 Å². The van der Waals surface area contributed by atoms with E-state index < -0.39 is 6.04 Å². The number of hydrogen-bond acceptors (Lipinski definition) is 4. The highest BCUT2D eigenvalue weighted by molar-refractivity contribution is 5.94. The van der Waals surface area contributed by atoms with Gasteiger partial charge in [-0.25, -0.2) is 0 Å². The van der Waals surface area contributed by atoms with E-state index >= 15 is 0 Å². The van der Waals surface area contributed by atoms with Crippen LogP contribution in [0.25, 0.3) is 0 Å². The Labute approximate surface area is 172 Å². The topological polar surface area (TPSA) is 70.2 Å². The van der Waals surface area contributed by atoms with Crippen molar-refractivity contribution in [2.45, 2.75) is 45.1 Å². The second kappa shape index (κ2) is 10.3. The van der Waals surface area contributed by atoms with Gasteiger partial charge >= 0.3 is 0 Å². The lowest BCUT2D eigenvalue weighted by Gasteiger charge is -2.39. The minimum Gasteiger partial charge on any atom is -0.494 e. The van der Waals surface area contributed by atoms with Crippen LogP contribution in [-0.4, -0.2) is 77.8 Å². The Bertz CT molecular complexity index is 709. The molecule has 7 nitrogen and oxygen atoms in total. The molecule has 2 saturated heterocycles. The van der Waals surface area contributed by atoms with E-state index in [9.17, 15) is 14.4 Å². The number of hydrogen-bond donors (Lipinski definition) is 0. The Hall–Kier alpha value is -2.57. The minimum absolute atomic E-state index is 0.00155. The SMILES string of the molecule is C[C@H]1C(=O)N(CCCN2CCCC2=O)CC(=O)N1CCCCOc1ccccc1. The fourth-order valence-corrected chi connectivity index (χ4v) is 3.94. The number of carbonyl (C=O) groups is 3. The van der Waals surface area contributed by atoms with Gasteiger partial charge in [0.1, 0.15) is 11.8 Å². The molecule has 2 heterocycles. The average Bonchev–Trinajstić information content (AvgIpc) is 3.13. The Morgan fingerprint density at radius 3 is 2.41 bits per heavy atom. The van der Waals surface area contributed by atoms with Gasteiger partial charge in [0.25, 0.3) is 0 Å². The van der Waals surface area contributed by atoms with Crippen molar-refractivity contribution < 1.29 is 19.1 Å². The van der Waals surface area contributed by atoms with Gasteiger partial charge in [0, 0.05) is 32.6 Å². The second-order valence-electron chi connectivity index (χ2n) is 7.73. The van der Waals surface area contributed by atoms with Crippen molar-refractivity contribution in [1.82, 2.24) is 14.7 Å². The Balaban J connectivity index is 1.36. The Morgan fingerprint density at radius 2 is 1.69 bits per heavy atom. The third-order valence-corrected chi connectivity index (χ3v) is 5.62. The first-order chi connectivity index (χ1) is 14.1. The Morgan fingerprint density at radius 1 is 0.931 bits per heavy atom. The van der Waals surface area contributed by atoms with Crippen LogP contribution in [0.2, 0.25) is 0 Å². The molecule has 0 unspecified atom stereocenters. The molecule has 0 spiro atoms. The van der Waals surface area contributed by atoms with Crippen molar-refractivity contribution in [1.29, 1.82) is 0 Å². The van der Waals surface area contributed by atoms with Crippen molar-refractivity contribution in [3.05, 3.63) is 30.3 Å². The number of ether oxygens (including phenoxy) is 1. The number of likely N-dealkylation sites (tertiary alicyclic amines) is 1. The molecule has 1 atom stereocenters. The lowest BCUT2D eigenvalue weighted by molar-refractivity contribution is -0.155. The highest BCUT2D eigenvalue weighted by atomic mass is 16.5. The molecule has 158 valence electrons. The van der Waals surface area contributed by atoms with Gasteiger partial charge < -0.3 is 19.4 Å². The van der Waals surface area contributed by atoms with Crippen molar-refractivity contribution in [2.24, 2.45) is 0 Å². The first-order valence-electron chi connectivity index (χ1n) is 10.6. The van der Waals surface area contributed by atoms with Crippen LogP contribution >= 0.6 is 0 Å². The van der Waals surface area contributed by atoms with Crippen LogP contribution < -0.4 is 4.74 Å². The molecule has 1 aromatic carbocycles.